The van der Waals surface area contributed by atoms with Gasteiger partial charge in [0.2, 0.25) is 0 Å². The van der Waals surface area contributed by atoms with E-state index in [-0.39, 0.29) is 5.91 Å². The van der Waals surface area contributed by atoms with Crippen LogP contribution in [-0.2, 0) is 11.3 Å². The highest BCUT2D eigenvalue weighted by Crippen LogP contribution is 2.37. The number of aromatic nitrogens is 2. The largest absolute Gasteiger partial charge is 0.389 e. The van der Waals surface area contributed by atoms with Crippen LogP contribution in [0.4, 0.5) is 0 Å². The number of carbonyl (C=O) groups is 1. The van der Waals surface area contributed by atoms with Gasteiger partial charge in [-0.2, -0.15) is 0 Å². The minimum atomic E-state index is 0.0269. The van der Waals surface area contributed by atoms with Crippen LogP contribution in [0, 0.1) is 13.8 Å². The van der Waals surface area contributed by atoms with E-state index in [9.17, 15) is 4.79 Å². The fourth-order valence-corrected chi connectivity index (χ4v) is 5.03. The molecule has 5 rings (SSSR count). The van der Waals surface area contributed by atoms with Gasteiger partial charge in [-0.05, 0) is 50.6 Å². The molecule has 0 radical (unpaired) electrons. The van der Waals surface area contributed by atoms with Gasteiger partial charge in [0.05, 0.1) is 24.4 Å². The Morgan fingerprint density at radius 1 is 1.15 bits per heavy atom. The smallest absolute Gasteiger partial charge is 0.254 e. The number of hydrogen-bond donors (Lipinski definition) is 1. The number of hydrogen-bond acceptors (Lipinski definition) is 5. The van der Waals surface area contributed by atoms with Gasteiger partial charge >= 0.3 is 0 Å². The zero-order valence-corrected chi connectivity index (χ0v) is 19.8. The molecule has 3 heterocycles. The summed E-state index contributed by atoms with van der Waals surface area (Å²) in [5, 5.41) is 6.20. The maximum atomic E-state index is 13.1. The highest BCUT2D eigenvalue weighted by molar-refractivity contribution is 7.80. The summed E-state index contributed by atoms with van der Waals surface area (Å²) in [7, 11) is 0. The second-order valence-electron chi connectivity index (χ2n) is 8.36. The van der Waals surface area contributed by atoms with Gasteiger partial charge in [0, 0.05) is 52.6 Å². The Labute approximate surface area is 197 Å². The summed E-state index contributed by atoms with van der Waals surface area (Å²) in [5.74, 6) is 0.775. The molecule has 33 heavy (non-hydrogen) atoms. The van der Waals surface area contributed by atoms with Crippen molar-refractivity contribution in [1.82, 2.24) is 14.6 Å². The number of rotatable bonds is 4. The normalized spacial score (nSPS) is 14.3. The Hall–Kier alpha value is -3.23. The van der Waals surface area contributed by atoms with Crippen molar-refractivity contribution in [2.24, 2.45) is 5.73 Å². The molecule has 8 heteroatoms. The molecule has 2 aromatic carbocycles. The van der Waals surface area contributed by atoms with Crippen LogP contribution < -0.4 is 5.73 Å². The summed E-state index contributed by atoms with van der Waals surface area (Å²) in [6.45, 7) is 9.00. The van der Waals surface area contributed by atoms with Gasteiger partial charge in [0.1, 0.15) is 10.7 Å². The van der Waals surface area contributed by atoms with Crippen LogP contribution in [0.2, 0.25) is 0 Å². The molecular weight excluding hydrogens is 436 g/mol. The predicted molar refractivity (Wildman–Crippen MR) is 133 cm³/mol. The van der Waals surface area contributed by atoms with Gasteiger partial charge in [-0.1, -0.05) is 23.4 Å². The van der Waals surface area contributed by atoms with Crippen LogP contribution in [0.15, 0.2) is 34.9 Å². The van der Waals surface area contributed by atoms with E-state index in [1.54, 1.807) is 0 Å². The minimum Gasteiger partial charge on any atom is -0.389 e. The number of carbonyl (C=O) groups excluding carboxylic acids is 1. The quantitative estimate of drug-likeness (QED) is 0.458. The summed E-state index contributed by atoms with van der Waals surface area (Å²) in [5.41, 5.74) is 12.4. The molecule has 4 aromatic rings. The van der Waals surface area contributed by atoms with E-state index < -0.39 is 0 Å². The topological polar surface area (TPSA) is 86.5 Å². The molecule has 170 valence electrons. The fourth-order valence-electron chi connectivity index (χ4n) is 4.87. The third kappa shape index (κ3) is 3.50. The average molecular weight is 463 g/mol. The van der Waals surface area contributed by atoms with Crippen molar-refractivity contribution in [2.75, 3.05) is 26.3 Å². The standard InChI is InChI=1S/C25H26N4O3S/c1-4-29-21-13-16(25(30)28-7-9-31-10-8-28)5-6-18(21)19-11-17(12-20(23(19)29)24(26)33)22-14(2)27-32-15(22)3/h5-6,11-13H,4,7-10H2,1-3H3,(H2,26,33). The molecule has 1 amide bonds. The van der Waals surface area contributed by atoms with Crippen molar-refractivity contribution >= 4 is 44.9 Å². The summed E-state index contributed by atoms with van der Waals surface area (Å²) >= 11 is 5.46. The molecule has 0 saturated carbocycles. The van der Waals surface area contributed by atoms with Crippen LogP contribution in [0.1, 0.15) is 34.3 Å². The summed E-state index contributed by atoms with van der Waals surface area (Å²) in [6.07, 6.45) is 0. The van der Waals surface area contributed by atoms with E-state index in [2.05, 4.69) is 22.7 Å². The van der Waals surface area contributed by atoms with Gasteiger partial charge in [-0.15, -0.1) is 0 Å². The van der Waals surface area contributed by atoms with Crippen molar-refractivity contribution < 1.29 is 14.1 Å². The number of morpholine rings is 1. The van der Waals surface area contributed by atoms with Gasteiger partial charge in [0.25, 0.3) is 5.91 Å². The van der Waals surface area contributed by atoms with E-state index >= 15 is 0 Å². The van der Waals surface area contributed by atoms with Gasteiger partial charge in [-0.3, -0.25) is 4.79 Å². The van der Waals surface area contributed by atoms with Crippen molar-refractivity contribution in [1.29, 1.82) is 0 Å². The summed E-state index contributed by atoms with van der Waals surface area (Å²) in [6, 6.07) is 10.1. The highest BCUT2D eigenvalue weighted by Gasteiger charge is 2.23. The zero-order chi connectivity index (χ0) is 23.3. The molecular formula is C25H26N4O3S. The van der Waals surface area contributed by atoms with E-state index in [0.29, 0.717) is 36.9 Å². The number of nitrogens with two attached hydrogens (primary N) is 1. The highest BCUT2D eigenvalue weighted by atomic mass is 32.1. The Bertz CT molecular complexity index is 1390. The number of ether oxygens (including phenoxy) is 1. The lowest BCUT2D eigenvalue weighted by Gasteiger charge is -2.26. The fraction of sp³-hybridized carbons (Fsp3) is 0.320. The van der Waals surface area contributed by atoms with Crippen LogP contribution >= 0.6 is 12.2 Å². The lowest BCUT2D eigenvalue weighted by molar-refractivity contribution is 0.0303. The van der Waals surface area contributed by atoms with Crippen molar-refractivity contribution in [2.45, 2.75) is 27.3 Å². The number of nitrogens with zero attached hydrogens (tertiary/aromatic N) is 3. The molecule has 2 N–H and O–H groups in total. The van der Waals surface area contributed by atoms with E-state index in [0.717, 1.165) is 56.5 Å². The summed E-state index contributed by atoms with van der Waals surface area (Å²) in [4.78, 5) is 15.3. The second kappa shape index (κ2) is 8.28. The lowest BCUT2D eigenvalue weighted by Crippen LogP contribution is -2.40. The molecule has 0 aliphatic carbocycles. The molecule has 0 bridgehead atoms. The Kier molecular flexibility index (Phi) is 5.42. The van der Waals surface area contributed by atoms with Gasteiger partial charge in [-0.25, -0.2) is 0 Å². The third-order valence-corrected chi connectivity index (χ3v) is 6.63. The number of thiocarbonyl (C=S) groups is 1. The number of fused-ring (bicyclic) bond motifs is 3. The van der Waals surface area contributed by atoms with Crippen LogP contribution in [-0.4, -0.2) is 51.8 Å². The van der Waals surface area contributed by atoms with Crippen LogP contribution in [0.3, 0.4) is 0 Å². The molecule has 2 aromatic heterocycles. The third-order valence-electron chi connectivity index (χ3n) is 6.41. The number of amides is 1. The Morgan fingerprint density at radius 3 is 2.55 bits per heavy atom. The number of aryl methyl sites for hydroxylation is 3. The molecule has 1 saturated heterocycles. The molecule has 1 aliphatic heterocycles. The molecule has 0 spiro atoms. The predicted octanol–water partition coefficient (Wildman–Crippen LogP) is 4.19. The summed E-state index contributed by atoms with van der Waals surface area (Å²) < 4.78 is 13.0. The van der Waals surface area contributed by atoms with E-state index in [4.69, 9.17) is 27.2 Å². The first-order chi connectivity index (χ1) is 15.9. The lowest BCUT2D eigenvalue weighted by atomic mass is 9.98. The average Bonchev–Trinajstić information content (AvgIpc) is 3.33. The molecule has 1 fully saturated rings. The SMILES string of the molecule is CCn1c2cc(C(=O)N3CCOCC3)ccc2c2cc(-c3c(C)noc3C)cc(C(N)=S)c21. The first-order valence-electron chi connectivity index (χ1n) is 11.1. The second-order valence-corrected chi connectivity index (χ2v) is 8.80. The van der Waals surface area contributed by atoms with E-state index in [1.165, 1.54) is 0 Å². The van der Waals surface area contributed by atoms with Crippen molar-refractivity contribution in [3.05, 3.63) is 52.9 Å². The maximum Gasteiger partial charge on any atom is 0.254 e. The monoisotopic (exact) mass is 462 g/mol. The maximum absolute atomic E-state index is 13.1. The Balaban J connectivity index is 1.76. The molecule has 0 atom stereocenters. The molecule has 1 aliphatic rings. The Morgan fingerprint density at radius 2 is 1.91 bits per heavy atom. The van der Waals surface area contributed by atoms with Gasteiger partial charge < -0.3 is 24.5 Å². The van der Waals surface area contributed by atoms with E-state index in [1.807, 2.05) is 43.0 Å². The van der Waals surface area contributed by atoms with Crippen molar-refractivity contribution in [3.63, 3.8) is 0 Å². The molecule has 7 nitrogen and oxygen atoms in total. The van der Waals surface area contributed by atoms with Crippen LogP contribution in [0.25, 0.3) is 32.9 Å². The van der Waals surface area contributed by atoms with Gasteiger partial charge in [0.15, 0.2) is 0 Å². The first kappa shape index (κ1) is 21.6. The first-order valence-corrected chi connectivity index (χ1v) is 11.5. The zero-order valence-electron chi connectivity index (χ0n) is 19.0. The minimum absolute atomic E-state index is 0.0269. The van der Waals surface area contributed by atoms with Crippen molar-refractivity contribution in [3.8, 4) is 11.1 Å². The number of benzene rings is 2. The van der Waals surface area contributed by atoms with Crippen LogP contribution in [0.5, 0.6) is 0 Å². The molecule has 0 unspecified atom stereocenters.